The van der Waals surface area contributed by atoms with Gasteiger partial charge in [-0.15, -0.1) is 0 Å². The zero-order chi connectivity index (χ0) is 19.4. The van der Waals surface area contributed by atoms with Crippen molar-refractivity contribution in [1.29, 1.82) is 0 Å². The lowest BCUT2D eigenvalue weighted by Crippen LogP contribution is -2.46. The molecule has 0 unspecified atom stereocenters. The Morgan fingerprint density at radius 1 is 1.28 bits per heavy atom. The van der Waals surface area contributed by atoms with Gasteiger partial charge in [0.2, 0.25) is 5.91 Å². The quantitative estimate of drug-likeness (QED) is 0.725. The number of hydrogen-bond donors (Lipinski definition) is 2. The van der Waals surface area contributed by atoms with Crippen LogP contribution in [0.5, 0.6) is 0 Å². The minimum atomic E-state index is -0.821. The van der Waals surface area contributed by atoms with Crippen LogP contribution in [0.15, 0.2) is 16.6 Å². The van der Waals surface area contributed by atoms with Crippen LogP contribution in [0.1, 0.15) is 46.6 Å². The number of amides is 2. The highest BCUT2D eigenvalue weighted by molar-refractivity contribution is 9.10. The van der Waals surface area contributed by atoms with E-state index in [1.165, 1.54) is 12.1 Å². The molecule has 0 aliphatic rings. The van der Waals surface area contributed by atoms with Gasteiger partial charge in [0.15, 0.2) is 0 Å². The number of ether oxygens (including phenoxy) is 1. The number of alkyl carbamates (subject to hydrolysis) is 1. The lowest BCUT2D eigenvalue weighted by Gasteiger charge is -2.24. The fraction of sp³-hybridized carbons (Fsp3) is 0.556. The molecule has 0 aromatic heterocycles. The van der Waals surface area contributed by atoms with Crippen LogP contribution >= 0.6 is 15.9 Å². The molecule has 2 N–H and O–H groups in total. The average Bonchev–Trinajstić information content (AvgIpc) is 2.41. The van der Waals surface area contributed by atoms with E-state index in [1.54, 1.807) is 27.7 Å². The first-order chi connectivity index (χ1) is 11.4. The van der Waals surface area contributed by atoms with Gasteiger partial charge in [0.05, 0.1) is 5.69 Å². The lowest BCUT2D eigenvalue weighted by atomic mass is 10.0. The number of hydrogen-bond acceptors (Lipinski definition) is 3. The fourth-order valence-corrected chi connectivity index (χ4v) is 2.44. The maximum Gasteiger partial charge on any atom is 0.408 e. The van der Waals surface area contributed by atoms with Gasteiger partial charge in [0, 0.05) is 4.47 Å². The topological polar surface area (TPSA) is 67.4 Å². The largest absolute Gasteiger partial charge is 0.444 e. The van der Waals surface area contributed by atoms with Crippen LogP contribution in [0.4, 0.5) is 14.9 Å². The van der Waals surface area contributed by atoms with Crippen molar-refractivity contribution in [2.45, 2.75) is 59.6 Å². The summed E-state index contributed by atoms with van der Waals surface area (Å²) in [5.74, 6) is -0.881. The van der Waals surface area contributed by atoms with E-state index in [2.05, 4.69) is 26.6 Å². The van der Waals surface area contributed by atoms with Crippen molar-refractivity contribution in [2.75, 3.05) is 5.32 Å². The van der Waals surface area contributed by atoms with Crippen LogP contribution in [0.3, 0.4) is 0 Å². The number of carbonyl (C=O) groups is 2. The summed E-state index contributed by atoms with van der Waals surface area (Å²) in [6.07, 6.45) is -0.275. The summed E-state index contributed by atoms with van der Waals surface area (Å²) in [6.45, 7) is 10.9. The minimum Gasteiger partial charge on any atom is -0.444 e. The van der Waals surface area contributed by atoms with Crippen LogP contribution in [0.2, 0.25) is 0 Å². The Bertz CT molecular complexity index is 642. The zero-order valence-electron chi connectivity index (χ0n) is 15.5. The molecule has 2 amide bonds. The molecule has 0 aliphatic carbocycles. The van der Waals surface area contributed by atoms with E-state index in [4.69, 9.17) is 4.74 Å². The first-order valence-corrected chi connectivity index (χ1v) is 8.94. The second-order valence-corrected chi connectivity index (χ2v) is 8.25. The number of halogens is 2. The highest BCUT2D eigenvalue weighted by Crippen LogP contribution is 2.24. The molecule has 1 aromatic rings. The van der Waals surface area contributed by atoms with Crippen molar-refractivity contribution in [3.63, 3.8) is 0 Å². The maximum absolute atomic E-state index is 14.0. The van der Waals surface area contributed by atoms with Crippen molar-refractivity contribution in [2.24, 2.45) is 5.92 Å². The second kappa shape index (κ2) is 8.65. The van der Waals surface area contributed by atoms with E-state index < -0.39 is 29.5 Å². The van der Waals surface area contributed by atoms with Gasteiger partial charge >= 0.3 is 6.09 Å². The molecule has 0 aliphatic heterocycles. The van der Waals surface area contributed by atoms with E-state index in [9.17, 15) is 14.0 Å². The van der Waals surface area contributed by atoms with Crippen LogP contribution in [0, 0.1) is 18.7 Å². The Morgan fingerprint density at radius 2 is 1.88 bits per heavy atom. The molecule has 0 fully saturated rings. The molecule has 0 heterocycles. The minimum absolute atomic E-state index is 0.0745. The van der Waals surface area contributed by atoms with Gasteiger partial charge in [0.1, 0.15) is 17.5 Å². The first kappa shape index (κ1) is 21.4. The Balaban J connectivity index is 2.90. The van der Waals surface area contributed by atoms with Gasteiger partial charge in [0.25, 0.3) is 0 Å². The number of anilines is 1. The predicted octanol–water partition coefficient (Wildman–Crippen LogP) is 4.77. The monoisotopic (exact) mass is 416 g/mol. The second-order valence-electron chi connectivity index (χ2n) is 7.40. The number of nitrogens with one attached hydrogen (secondary N) is 2. The summed E-state index contributed by atoms with van der Waals surface area (Å²) in [6, 6.07) is 2.01. The van der Waals surface area contributed by atoms with Gasteiger partial charge in [-0.2, -0.15) is 0 Å². The smallest absolute Gasteiger partial charge is 0.408 e. The predicted molar refractivity (Wildman–Crippen MR) is 100 cm³/mol. The van der Waals surface area contributed by atoms with Crippen LogP contribution in [-0.4, -0.2) is 23.6 Å². The molecule has 0 saturated carbocycles. The van der Waals surface area contributed by atoms with E-state index in [-0.39, 0.29) is 11.6 Å². The third kappa shape index (κ3) is 7.42. The zero-order valence-corrected chi connectivity index (χ0v) is 17.1. The Labute approximate surface area is 156 Å². The molecule has 0 saturated heterocycles. The van der Waals surface area contributed by atoms with E-state index >= 15 is 0 Å². The lowest BCUT2D eigenvalue weighted by molar-refractivity contribution is -0.118. The number of rotatable bonds is 5. The van der Waals surface area contributed by atoms with Crippen molar-refractivity contribution < 1.29 is 18.7 Å². The van der Waals surface area contributed by atoms with E-state index in [0.717, 1.165) is 5.56 Å². The average molecular weight is 417 g/mol. The normalized spacial score (nSPS) is 12.7. The van der Waals surface area contributed by atoms with Gasteiger partial charge in [-0.05, 0) is 57.7 Å². The molecule has 140 valence electrons. The van der Waals surface area contributed by atoms with E-state index in [0.29, 0.717) is 10.9 Å². The SMILES string of the molecule is Cc1cc(NC(=O)[C@@H](CC(C)C)NC(=O)OC(C)(C)C)c(F)cc1Br. The molecule has 1 rings (SSSR count). The molecular formula is C18H26BrFN2O3. The fourth-order valence-electron chi connectivity index (χ4n) is 2.13. The number of benzene rings is 1. The Kier molecular flexibility index (Phi) is 7.41. The Morgan fingerprint density at radius 3 is 2.40 bits per heavy atom. The summed E-state index contributed by atoms with van der Waals surface area (Å²) in [5.41, 5.74) is 0.195. The molecule has 25 heavy (non-hydrogen) atoms. The number of aryl methyl sites for hydroxylation is 1. The van der Waals surface area contributed by atoms with Gasteiger partial charge < -0.3 is 15.4 Å². The summed E-state index contributed by atoms with van der Waals surface area (Å²) in [7, 11) is 0. The van der Waals surface area contributed by atoms with Crippen molar-refractivity contribution in [3.8, 4) is 0 Å². The summed E-state index contributed by atoms with van der Waals surface area (Å²) >= 11 is 3.24. The third-order valence-electron chi connectivity index (χ3n) is 3.22. The maximum atomic E-state index is 14.0. The Hall–Kier alpha value is -1.63. The summed E-state index contributed by atoms with van der Waals surface area (Å²) in [4.78, 5) is 24.5. The molecule has 5 nitrogen and oxygen atoms in total. The van der Waals surface area contributed by atoms with Gasteiger partial charge in [-0.25, -0.2) is 9.18 Å². The third-order valence-corrected chi connectivity index (χ3v) is 4.08. The molecule has 1 aromatic carbocycles. The molecule has 7 heteroatoms. The molecule has 0 spiro atoms. The first-order valence-electron chi connectivity index (χ1n) is 8.15. The molecule has 1 atom stereocenters. The van der Waals surface area contributed by atoms with Gasteiger partial charge in [-0.1, -0.05) is 29.8 Å². The molecule has 0 radical (unpaired) electrons. The standard InChI is InChI=1S/C18H26BrFN2O3/c1-10(2)7-15(22-17(24)25-18(4,5)6)16(23)21-14-8-11(3)12(19)9-13(14)20/h8-10,15H,7H2,1-6H3,(H,21,23)(H,22,24)/t15-/m1/s1. The van der Waals surface area contributed by atoms with Crippen LogP contribution in [-0.2, 0) is 9.53 Å². The van der Waals surface area contributed by atoms with Crippen molar-refractivity contribution in [1.82, 2.24) is 5.32 Å². The molecular weight excluding hydrogens is 391 g/mol. The number of carbonyl (C=O) groups excluding carboxylic acids is 2. The highest BCUT2D eigenvalue weighted by atomic mass is 79.9. The van der Waals surface area contributed by atoms with Crippen LogP contribution in [0.25, 0.3) is 0 Å². The van der Waals surface area contributed by atoms with Crippen molar-refractivity contribution in [3.05, 3.63) is 28.0 Å². The van der Waals surface area contributed by atoms with E-state index in [1.807, 2.05) is 13.8 Å². The van der Waals surface area contributed by atoms with Gasteiger partial charge in [-0.3, -0.25) is 4.79 Å². The highest BCUT2D eigenvalue weighted by Gasteiger charge is 2.26. The van der Waals surface area contributed by atoms with Crippen molar-refractivity contribution >= 4 is 33.6 Å². The summed E-state index contributed by atoms with van der Waals surface area (Å²) < 4.78 is 19.9. The molecule has 0 bridgehead atoms. The van der Waals surface area contributed by atoms with Crippen LogP contribution < -0.4 is 10.6 Å². The summed E-state index contributed by atoms with van der Waals surface area (Å²) in [5, 5.41) is 5.11.